The number of carbonyl (C=O) groups excluding carboxylic acids is 2. The number of carbonyl (C=O) groups is 2. The second-order valence-electron chi connectivity index (χ2n) is 7.45. The number of hydrogen-bond donors (Lipinski definition) is 6. The largest absolute Gasteiger partial charge is 0.507 e. The van der Waals surface area contributed by atoms with Crippen molar-refractivity contribution < 1.29 is 44.6 Å². The van der Waals surface area contributed by atoms with Gasteiger partial charge in [-0.3, -0.25) is 9.59 Å². The maximum atomic E-state index is 12.9. The summed E-state index contributed by atoms with van der Waals surface area (Å²) >= 11 is 0. The first kappa shape index (κ1) is 21.4. The predicted octanol–water partition coefficient (Wildman–Crippen LogP) is -0.844. The molecule has 10 nitrogen and oxygen atoms in total. The van der Waals surface area contributed by atoms with Gasteiger partial charge in [-0.05, 0) is 6.07 Å². The lowest BCUT2D eigenvalue weighted by Gasteiger charge is -2.40. The summed E-state index contributed by atoms with van der Waals surface area (Å²) in [4.78, 5) is 25.7. The lowest BCUT2D eigenvalue weighted by atomic mass is 9.82. The molecule has 2 aromatic rings. The molecule has 2 aromatic carbocycles. The molecule has 0 radical (unpaired) electrons. The molecule has 0 spiro atoms. The zero-order chi connectivity index (χ0) is 22.4. The van der Waals surface area contributed by atoms with Gasteiger partial charge in [-0.25, -0.2) is 0 Å². The Bertz CT molecular complexity index is 1050. The van der Waals surface area contributed by atoms with Crippen LogP contribution < -0.4 is 5.73 Å². The second kappa shape index (κ2) is 8.00. The second-order valence-corrected chi connectivity index (χ2v) is 7.45. The number of ketones is 2. The fourth-order valence-corrected chi connectivity index (χ4v) is 3.85. The van der Waals surface area contributed by atoms with E-state index >= 15 is 0 Å². The molecule has 1 aliphatic heterocycles. The SMILES string of the molecule is N[C@H]1[C@H](OCc2cc(O)c3c(c2O)C(=O)c2ccccc2C3=O)O[C@H](CO)[C@@H](O)[C@@H]1O. The average Bonchev–Trinajstić information content (AvgIpc) is 2.77. The maximum Gasteiger partial charge on any atom is 0.198 e. The molecular formula is C21H21NO9. The third kappa shape index (κ3) is 3.39. The van der Waals surface area contributed by atoms with Crippen LogP contribution in [0.4, 0.5) is 0 Å². The molecule has 5 atom stereocenters. The van der Waals surface area contributed by atoms with Crippen molar-refractivity contribution in [1.29, 1.82) is 0 Å². The van der Waals surface area contributed by atoms with E-state index in [2.05, 4.69) is 0 Å². The lowest BCUT2D eigenvalue weighted by molar-refractivity contribution is -0.269. The molecule has 10 heteroatoms. The van der Waals surface area contributed by atoms with Gasteiger partial charge in [-0.1, -0.05) is 24.3 Å². The van der Waals surface area contributed by atoms with Gasteiger partial charge in [0.2, 0.25) is 0 Å². The highest BCUT2D eigenvalue weighted by atomic mass is 16.7. The molecule has 1 saturated heterocycles. The van der Waals surface area contributed by atoms with E-state index in [0.717, 1.165) is 6.07 Å². The highest BCUT2D eigenvalue weighted by molar-refractivity contribution is 6.30. The summed E-state index contributed by atoms with van der Waals surface area (Å²) in [5, 5.41) is 50.3. The van der Waals surface area contributed by atoms with Crippen molar-refractivity contribution in [3.8, 4) is 11.5 Å². The minimum absolute atomic E-state index is 0.0197. The first-order valence-electron chi connectivity index (χ1n) is 9.52. The van der Waals surface area contributed by atoms with Crippen molar-refractivity contribution in [3.63, 3.8) is 0 Å². The summed E-state index contributed by atoms with van der Waals surface area (Å²) in [5.74, 6) is -2.25. The van der Waals surface area contributed by atoms with Gasteiger partial charge in [0.05, 0.1) is 30.4 Å². The smallest absolute Gasteiger partial charge is 0.198 e. The van der Waals surface area contributed by atoms with E-state index in [1.807, 2.05) is 0 Å². The van der Waals surface area contributed by atoms with Crippen molar-refractivity contribution >= 4 is 11.6 Å². The number of aliphatic hydroxyl groups excluding tert-OH is 3. The normalized spacial score (nSPS) is 27.7. The number of nitrogens with two attached hydrogens (primary N) is 1. The fraction of sp³-hybridized carbons (Fsp3) is 0.333. The van der Waals surface area contributed by atoms with Crippen LogP contribution in [-0.4, -0.2) is 74.3 Å². The molecule has 1 fully saturated rings. The standard InChI is InChI=1S/C21H21NO9/c22-15-20(29)19(28)12(6-23)31-21(15)30-7-8-5-11(24)13-14(16(8)25)18(27)10-4-2-1-3-9(10)17(13)26/h1-5,12,15,19-21,23-25,28-29H,6-7,22H2/t12-,15-,19-,20-,21-/m1/s1. The Morgan fingerprint density at radius 1 is 1.00 bits per heavy atom. The average molecular weight is 431 g/mol. The van der Waals surface area contributed by atoms with Crippen molar-refractivity contribution in [2.75, 3.05) is 6.61 Å². The molecule has 164 valence electrons. The zero-order valence-electron chi connectivity index (χ0n) is 16.1. The highest BCUT2D eigenvalue weighted by Gasteiger charge is 2.43. The number of rotatable bonds is 4. The molecule has 1 heterocycles. The number of phenols is 2. The van der Waals surface area contributed by atoms with Crippen LogP contribution in [0, 0.1) is 0 Å². The molecule has 0 amide bonds. The topological polar surface area (TPSA) is 180 Å². The van der Waals surface area contributed by atoms with Crippen LogP contribution in [0.25, 0.3) is 0 Å². The summed E-state index contributed by atoms with van der Waals surface area (Å²) < 4.78 is 10.8. The quantitative estimate of drug-likeness (QED) is 0.285. The highest BCUT2D eigenvalue weighted by Crippen LogP contribution is 2.40. The van der Waals surface area contributed by atoms with E-state index in [9.17, 15) is 35.1 Å². The molecule has 0 unspecified atom stereocenters. The predicted molar refractivity (Wildman–Crippen MR) is 104 cm³/mol. The van der Waals surface area contributed by atoms with Gasteiger partial charge < -0.3 is 40.7 Å². The Balaban J connectivity index is 1.64. The summed E-state index contributed by atoms with van der Waals surface area (Å²) in [7, 11) is 0. The fourth-order valence-electron chi connectivity index (χ4n) is 3.85. The van der Waals surface area contributed by atoms with Crippen molar-refractivity contribution in [2.24, 2.45) is 5.73 Å². The lowest BCUT2D eigenvalue weighted by Crippen LogP contribution is -2.62. The van der Waals surface area contributed by atoms with Gasteiger partial charge >= 0.3 is 0 Å². The van der Waals surface area contributed by atoms with E-state index in [0.29, 0.717) is 0 Å². The zero-order valence-corrected chi connectivity index (χ0v) is 16.1. The maximum absolute atomic E-state index is 12.9. The molecule has 4 rings (SSSR count). The third-order valence-corrected chi connectivity index (χ3v) is 5.56. The Morgan fingerprint density at radius 3 is 2.23 bits per heavy atom. The minimum Gasteiger partial charge on any atom is -0.507 e. The van der Waals surface area contributed by atoms with Crippen LogP contribution in [0.2, 0.25) is 0 Å². The number of hydrogen-bond acceptors (Lipinski definition) is 10. The Labute approximate surface area is 176 Å². The van der Waals surface area contributed by atoms with Crippen LogP contribution in [0.15, 0.2) is 30.3 Å². The molecule has 7 N–H and O–H groups in total. The van der Waals surface area contributed by atoms with Gasteiger partial charge in [0.1, 0.15) is 29.8 Å². The van der Waals surface area contributed by atoms with Crippen molar-refractivity contribution in [3.05, 3.63) is 58.1 Å². The van der Waals surface area contributed by atoms with Gasteiger partial charge in [0.15, 0.2) is 17.9 Å². The van der Waals surface area contributed by atoms with Crippen LogP contribution in [-0.2, 0) is 16.1 Å². The Hall–Kier alpha value is -2.86. The van der Waals surface area contributed by atoms with Crippen molar-refractivity contribution in [1.82, 2.24) is 0 Å². The number of aromatic hydroxyl groups is 2. The monoisotopic (exact) mass is 431 g/mol. The Kier molecular flexibility index (Phi) is 5.52. The molecular weight excluding hydrogens is 410 g/mol. The van der Waals surface area contributed by atoms with Gasteiger partial charge in [-0.2, -0.15) is 0 Å². The summed E-state index contributed by atoms with van der Waals surface area (Å²) in [6, 6.07) is 6.02. The number of ether oxygens (including phenoxy) is 2. The first-order chi connectivity index (χ1) is 14.8. The van der Waals surface area contributed by atoms with Crippen LogP contribution >= 0.6 is 0 Å². The van der Waals surface area contributed by atoms with Gasteiger partial charge in [0, 0.05) is 16.7 Å². The summed E-state index contributed by atoms with van der Waals surface area (Å²) in [5.41, 5.74) is 5.40. The van der Waals surface area contributed by atoms with Gasteiger partial charge in [-0.15, -0.1) is 0 Å². The molecule has 31 heavy (non-hydrogen) atoms. The number of aliphatic hydroxyl groups is 3. The molecule has 0 saturated carbocycles. The van der Waals surface area contributed by atoms with E-state index in [1.165, 1.54) is 12.1 Å². The van der Waals surface area contributed by atoms with E-state index < -0.39 is 66.9 Å². The van der Waals surface area contributed by atoms with E-state index in [4.69, 9.17) is 15.2 Å². The molecule has 0 aromatic heterocycles. The van der Waals surface area contributed by atoms with Crippen molar-refractivity contribution in [2.45, 2.75) is 37.3 Å². The van der Waals surface area contributed by atoms with E-state index in [-0.39, 0.29) is 27.8 Å². The van der Waals surface area contributed by atoms with Crippen LogP contribution in [0.3, 0.4) is 0 Å². The number of benzene rings is 2. The molecule has 0 bridgehead atoms. The summed E-state index contributed by atoms with van der Waals surface area (Å²) in [6.07, 6.45) is -5.24. The Morgan fingerprint density at radius 2 is 1.61 bits per heavy atom. The third-order valence-electron chi connectivity index (χ3n) is 5.56. The minimum atomic E-state index is -1.43. The first-order valence-corrected chi connectivity index (χ1v) is 9.52. The number of phenolic OH excluding ortho intramolecular Hbond substituents is 2. The van der Waals surface area contributed by atoms with E-state index in [1.54, 1.807) is 12.1 Å². The van der Waals surface area contributed by atoms with Crippen LogP contribution in [0.1, 0.15) is 37.4 Å². The van der Waals surface area contributed by atoms with Crippen LogP contribution in [0.5, 0.6) is 11.5 Å². The number of fused-ring (bicyclic) bond motifs is 2. The summed E-state index contributed by atoms with van der Waals surface area (Å²) in [6.45, 7) is -0.999. The van der Waals surface area contributed by atoms with Gasteiger partial charge in [0.25, 0.3) is 0 Å². The molecule has 1 aliphatic carbocycles. The molecule has 2 aliphatic rings.